The van der Waals surface area contributed by atoms with Gasteiger partial charge in [0, 0.05) is 11.3 Å². The van der Waals surface area contributed by atoms with Gasteiger partial charge >= 0.3 is 0 Å². The van der Waals surface area contributed by atoms with Gasteiger partial charge in [-0.05, 0) is 18.9 Å². The molecule has 1 amide bonds. The highest BCUT2D eigenvalue weighted by Gasteiger charge is 2.29. The van der Waals surface area contributed by atoms with Gasteiger partial charge in [-0.25, -0.2) is 0 Å². The summed E-state index contributed by atoms with van der Waals surface area (Å²) >= 11 is 6.52. The first-order valence-electron chi connectivity index (χ1n) is 6.29. The van der Waals surface area contributed by atoms with Crippen molar-refractivity contribution in [1.29, 1.82) is 0 Å². The molecule has 0 aliphatic carbocycles. The zero-order valence-electron chi connectivity index (χ0n) is 11.5. The maximum Gasteiger partial charge on any atom is 0.257 e. The number of para-hydroxylation sites is 1. The van der Waals surface area contributed by atoms with Gasteiger partial charge in [-0.15, -0.1) is 0 Å². The number of ketones is 1. The van der Waals surface area contributed by atoms with Crippen LogP contribution in [0.2, 0.25) is 0 Å². The quantitative estimate of drug-likeness (QED) is 0.684. The second-order valence-corrected chi connectivity index (χ2v) is 6.59. The number of carbonyl (C=O) groups is 2. The highest BCUT2D eigenvalue weighted by molar-refractivity contribution is 8.26. The standard InChI is InChI=1S/C15H15NO2S2/c1-8(2)15(19)20-13(9(3)17)12-10-6-4-5-7-11(10)16-14(12)18/h4-8H,1-3H3,(H,16,18)/b13-12-. The Labute approximate surface area is 127 Å². The molecule has 1 heterocycles. The smallest absolute Gasteiger partial charge is 0.257 e. The molecule has 0 saturated carbocycles. The fourth-order valence-corrected chi connectivity index (χ4v) is 3.00. The van der Waals surface area contributed by atoms with E-state index in [1.165, 1.54) is 18.7 Å². The van der Waals surface area contributed by atoms with Crippen molar-refractivity contribution in [2.45, 2.75) is 20.8 Å². The predicted octanol–water partition coefficient (Wildman–Crippen LogP) is 3.66. The average Bonchev–Trinajstić information content (AvgIpc) is 2.71. The van der Waals surface area contributed by atoms with Crippen LogP contribution in [0.4, 0.5) is 5.69 Å². The molecule has 3 nitrogen and oxygen atoms in total. The molecule has 0 atom stereocenters. The Morgan fingerprint density at radius 2 is 1.95 bits per heavy atom. The molecule has 1 aromatic carbocycles. The number of hydrogen-bond acceptors (Lipinski definition) is 4. The van der Waals surface area contributed by atoms with Crippen molar-refractivity contribution in [1.82, 2.24) is 0 Å². The fraction of sp³-hybridized carbons (Fsp3) is 0.267. The third kappa shape index (κ3) is 2.83. The minimum absolute atomic E-state index is 0.139. The number of hydrogen-bond donors (Lipinski definition) is 1. The van der Waals surface area contributed by atoms with E-state index in [4.69, 9.17) is 12.2 Å². The maximum atomic E-state index is 12.2. The van der Waals surface area contributed by atoms with Gasteiger partial charge < -0.3 is 5.32 Å². The van der Waals surface area contributed by atoms with Crippen LogP contribution in [0.5, 0.6) is 0 Å². The largest absolute Gasteiger partial charge is 0.321 e. The predicted molar refractivity (Wildman–Crippen MR) is 87.7 cm³/mol. The van der Waals surface area contributed by atoms with Crippen LogP contribution in [0.1, 0.15) is 26.3 Å². The van der Waals surface area contributed by atoms with E-state index in [2.05, 4.69) is 5.32 Å². The van der Waals surface area contributed by atoms with Crippen molar-refractivity contribution < 1.29 is 9.59 Å². The molecule has 0 unspecified atom stereocenters. The number of allylic oxidation sites excluding steroid dienone is 1. The van der Waals surface area contributed by atoms with Crippen molar-refractivity contribution in [3.8, 4) is 0 Å². The molecular weight excluding hydrogens is 290 g/mol. The molecule has 0 fully saturated rings. The Balaban J connectivity index is 2.54. The minimum Gasteiger partial charge on any atom is -0.321 e. The molecule has 0 radical (unpaired) electrons. The first-order chi connectivity index (χ1) is 9.41. The Hall–Kier alpha value is -1.46. The first-order valence-corrected chi connectivity index (χ1v) is 7.52. The van der Waals surface area contributed by atoms with Gasteiger partial charge in [0.2, 0.25) is 0 Å². The molecule has 1 N–H and O–H groups in total. The summed E-state index contributed by atoms with van der Waals surface area (Å²) in [5, 5.41) is 2.78. The Morgan fingerprint density at radius 1 is 1.30 bits per heavy atom. The average molecular weight is 305 g/mol. The van der Waals surface area contributed by atoms with E-state index in [0.717, 1.165) is 11.3 Å². The van der Waals surface area contributed by atoms with Gasteiger partial charge in [0.1, 0.15) is 0 Å². The number of thioether (sulfide) groups is 1. The van der Waals surface area contributed by atoms with E-state index in [9.17, 15) is 9.59 Å². The summed E-state index contributed by atoms with van der Waals surface area (Å²) in [5.74, 6) is -0.208. The summed E-state index contributed by atoms with van der Waals surface area (Å²) < 4.78 is 0.708. The van der Waals surface area contributed by atoms with Crippen LogP contribution >= 0.6 is 24.0 Å². The second kappa shape index (κ2) is 5.89. The minimum atomic E-state index is -0.240. The van der Waals surface area contributed by atoms with Crippen LogP contribution in [-0.4, -0.2) is 15.9 Å². The number of Topliss-reactive ketones (excluding diaryl/α,β-unsaturated/α-hetero) is 1. The molecule has 1 aliphatic heterocycles. The highest BCUT2D eigenvalue weighted by Crippen LogP contribution is 2.38. The summed E-state index contributed by atoms with van der Waals surface area (Å²) in [5.41, 5.74) is 1.94. The Morgan fingerprint density at radius 3 is 2.55 bits per heavy atom. The number of amides is 1. The number of anilines is 1. The van der Waals surface area contributed by atoms with Crippen molar-refractivity contribution in [3.05, 3.63) is 34.7 Å². The van der Waals surface area contributed by atoms with Crippen molar-refractivity contribution in [2.75, 3.05) is 5.32 Å². The number of nitrogens with one attached hydrogen (secondary N) is 1. The van der Waals surface area contributed by atoms with Crippen LogP contribution in [0.15, 0.2) is 29.2 Å². The zero-order valence-corrected chi connectivity index (χ0v) is 13.2. The van der Waals surface area contributed by atoms with Gasteiger partial charge in [0.25, 0.3) is 5.91 Å². The second-order valence-electron chi connectivity index (χ2n) is 4.84. The summed E-state index contributed by atoms with van der Waals surface area (Å²) in [4.78, 5) is 24.5. The van der Waals surface area contributed by atoms with Crippen molar-refractivity contribution in [3.63, 3.8) is 0 Å². The van der Waals surface area contributed by atoms with Crippen LogP contribution in [0.3, 0.4) is 0 Å². The summed E-state index contributed by atoms with van der Waals surface area (Å²) in [6, 6.07) is 7.36. The summed E-state index contributed by atoms with van der Waals surface area (Å²) in [6.45, 7) is 5.41. The number of fused-ring (bicyclic) bond motifs is 1. The van der Waals surface area contributed by atoms with Gasteiger partial charge in [-0.1, -0.05) is 56.0 Å². The summed E-state index contributed by atoms with van der Waals surface area (Å²) in [7, 11) is 0. The molecule has 5 heteroatoms. The third-order valence-electron chi connectivity index (χ3n) is 2.89. The molecule has 0 bridgehead atoms. The van der Waals surface area contributed by atoms with E-state index in [0.29, 0.717) is 14.7 Å². The molecule has 0 saturated heterocycles. The third-order valence-corrected chi connectivity index (χ3v) is 4.98. The van der Waals surface area contributed by atoms with Gasteiger partial charge in [0.15, 0.2) is 5.78 Å². The molecular formula is C15H15NO2S2. The summed E-state index contributed by atoms with van der Waals surface area (Å²) in [6.07, 6.45) is 0. The van der Waals surface area contributed by atoms with Gasteiger partial charge in [-0.2, -0.15) is 0 Å². The van der Waals surface area contributed by atoms with E-state index < -0.39 is 0 Å². The van der Waals surface area contributed by atoms with Crippen molar-refractivity contribution in [2.24, 2.45) is 5.92 Å². The molecule has 1 aliphatic rings. The lowest BCUT2D eigenvalue weighted by Gasteiger charge is -2.10. The van der Waals surface area contributed by atoms with E-state index in [-0.39, 0.29) is 17.6 Å². The molecule has 0 aromatic heterocycles. The normalized spacial score (nSPS) is 15.9. The van der Waals surface area contributed by atoms with Crippen LogP contribution in [0, 0.1) is 5.92 Å². The van der Waals surface area contributed by atoms with Crippen LogP contribution in [-0.2, 0) is 9.59 Å². The number of thiocarbonyl (C=S) groups is 1. The van der Waals surface area contributed by atoms with E-state index in [1.54, 1.807) is 0 Å². The van der Waals surface area contributed by atoms with Crippen LogP contribution in [0.25, 0.3) is 5.57 Å². The topological polar surface area (TPSA) is 46.2 Å². The number of rotatable bonds is 3. The Bertz CT molecular complexity index is 633. The monoisotopic (exact) mass is 305 g/mol. The number of benzene rings is 1. The fourth-order valence-electron chi connectivity index (χ4n) is 1.86. The highest BCUT2D eigenvalue weighted by atomic mass is 32.2. The molecule has 2 rings (SSSR count). The van der Waals surface area contributed by atoms with E-state index in [1.807, 2.05) is 38.1 Å². The number of carbonyl (C=O) groups excluding carboxylic acids is 2. The lowest BCUT2D eigenvalue weighted by atomic mass is 10.1. The lowest BCUT2D eigenvalue weighted by molar-refractivity contribution is -0.114. The van der Waals surface area contributed by atoms with Gasteiger partial charge in [0.05, 0.1) is 14.7 Å². The zero-order chi connectivity index (χ0) is 14.9. The SMILES string of the molecule is CC(=O)/C(SC(=S)C(C)C)=C1/C(=O)Nc2ccccc21. The maximum absolute atomic E-state index is 12.2. The Kier molecular flexibility index (Phi) is 4.40. The van der Waals surface area contributed by atoms with Crippen molar-refractivity contribution >= 4 is 51.1 Å². The molecule has 0 spiro atoms. The lowest BCUT2D eigenvalue weighted by Crippen LogP contribution is -2.10. The van der Waals surface area contributed by atoms with Crippen LogP contribution < -0.4 is 5.32 Å². The molecule has 104 valence electrons. The van der Waals surface area contributed by atoms with Gasteiger partial charge in [-0.3, -0.25) is 9.59 Å². The molecule has 1 aromatic rings. The molecule has 20 heavy (non-hydrogen) atoms. The first kappa shape index (κ1) is 14.9. The van der Waals surface area contributed by atoms with E-state index >= 15 is 0 Å².